The lowest BCUT2D eigenvalue weighted by Crippen LogP contribution is -2.23. The number of methoxy groups -OCH3 is 1. The number of hydrogen-bond donors (Lipinski definition) is 1. The van der Waals surface area contributed by atoms with Crippen LogP contribution in [0, 0.1) is 0 Å². The first-order chi connectivity index (χ1) is 9.55. The molecule has 2 N–H and O–H groups in total. The van der Waals surface area contributed by atoms with Gasteiger partial charge in [0.2, 0.25) is 0 Å². The van der Waals surface area contributed by atoms with Crippen LogP contribution in [-0.4, -0.2) is 19.3 Å². The molecule has 0 aromatic heterocycles. The molecular formula is C16H26ClNO2. The highest BCUT2D eigenvalue weighted by Crippen LogP contribution is 2.36. The van der Waals surface area contributed by atoms with Gasteiger partial charge in [-0.3, -0.25) is 0 Å². The van der Waals surface area contributed by atoms with Gasteiger partial charge in [0.25, 0.3) is 0 Å². The van der Waals surface area contributed by atoms with E-state index in [9.17, 15) is 0 Å². The van der Waals surface area contributed by atoms with Crippen LogP contribution in [0.15, 0.2) is 12.1 Å². The van der Waals surface area contributed by atoms with Crippen LogP contribution < -0.4 is 15.2 Å². The lowest BCUT2D eigenvalue weighted by atomic mass is 10.0. The maximum atomic E-state index is 6.16. The minimum atomic E-state index is 0.0993. The normalized spacial score (nSPS) is 12.6. The lowest BCUT2D eigenvalue weighted by Gasteiger charge is -2.22. The maximum Gasteiger partial charge on any atom is 0.164 e. The highest BCUT2D eigenvalue weighted by molar-refractivity contribution is 6.30. The van der Waals surface area contributed by atoms with E-state index in [0.29, 0.717) is 10.8 Å². The van der Waals surface area contributed by atoms with Gasteiger partial charge in [-0.2, -0.15) is 0 Å². The highest BCUT2D eigenvalue weighted by atomic mass is 35.5. The zero-order valence-electron chi connectivity index (χ0n) is 12.9. The fourth-order valence-corrected chi connectivity index (χ4v) is 2.34. The summed E-state index contributed by atoms with van der Waals surface area (Å²) in [5.74, 6) is 1.47. The van der Waals surface area contributed by atoms with Gasteiger partial charge in [0.1, 0.15) is 0 Å². The molecule has 114 valence electrons. The minimum absolute atomic E-state index is 0.0993. The molecule has 1 aromatic carbocycles. The summed E-state index contributed by atoms with van der Waals surface area (Å²) in [5, 5.41) is 0.650. The van der Waals surface area contributed by atoms with Crippen molar-refractivity contribution in [2.24, 2.45) is 5.73 Å². The summed E-state index contributed by atoms with van der Waals surface area (Å²) in [7, 11) is 1.63. The Morgan fingerprint density at radius 1 is 1.15 bits per heavy atom. The van der Waals surface area contributed by atoms with Crippen molar-refractivity contribution in [1.29, 1.82) is 0 Å². The molecule has 0 radical (unpaired) electrons. The average molecular weight is 300 g/mol. The summed E-state index contributed by atoms with van der Waals surface area (Å²) in [4.78, 5) is 0. The predicted molar refractivity (Wildman–Crippen MR) is 85.0 cm³/mol. The van der Waals surface area contributed by atoms with Crippen LogP contribution >= 0.6 is 11.6 Å². The zero-order chi connectivity index (χ0) is 15.1. The molecule has 0 aliphatic carbocycles. The molecule has 0 saturated carbocycles. The predicted octanol–water partition coefficient (Wildman–Crippen LogP) is 4.20. The van der Waals surface area contributed by atoms with E-state index in [-0.39, 0.29) is 12.1 Å². The molecule has 0 amide bonds. The first kappa shape index (κ1) is 17.1. The quantitative estimate of drug-likeness (QED) is 0.782. The summed E-state index contributed by atoms with van der Waals surface area (Å²) < 4.78 is 11.5. The molecule has 0 saturated heterocycles. The van der Waals surface area contributed by atoms with Gasteiger partial charge in [-0.15, -0.1) is 0 Å². The Balaban J connectivity index is 3.14. The third kappa shape index (κ3) is 4.57. The van der Waals surface area contributed by atoms with Crippen molar-refractivity contribution >= 4 is 11.6 Å². The van der Waals surface area contributed by atoms with Crippen LogP contribution in [0.5, 0.6) is 11.5 Å². The Morgan fingerprint density at radius 3 is 2.30 bits per heavy atom. The minimum Gasteiger partial charge on any atom is -0.493 e. The Bertz CT molecular complexity index is 419. The van der Waals surface area contributed by atoms with Gasteiger partial charge in [0.05, 0.1) is 13.2 Å². The zero-order valence-corrected chi connectivity index (χ0v) is 13.7. The molecular weight excluding hydrogens is 274 g/mol. The molecule has 0 aliphatic heterocycles. The van der Waals surface area contributed by atoms with E-state index in [2.05, 4.69) is 20.8 Å². The van der Waals surface area contributed by atoms with E-state index in [1.54, 1.807) is 13.2 Å². The summed E-state index contributed by atoms with van der Waals surface area (Å²) >= 11 is 6.16. The van der Waals surface area contributed by atoms with Gasteiger partial charge in [-0.25, -0.2) is 0 Å². The average Bonchev–Trinajstić information content (AvgIpc) is 2.45. The first-order valence-electron chi connectivity index (χ1n) is 7.34. The number of nitrogens with two attached hydrogens (primary N) is 1. The van der Waals surface area contributed by atoms with Gasteiger partial charge in [0, 0.05) is 22.7 Å². The Labute approximate surface area is 127 Å². The van der Waals surface area contributed by atoms with Crippen molar-refractivity contribution in [1.82, 2.24) is 0 Å². The molecule has 20 heavy (non-hydrogen) atoms. The SMILES string of the molecule is CCC(N)Cc1cc(Cl)cc(OC)c1OC(CC)CC. The van der Waals surface area contributed by atoms with E-state index in [1.807, 2.05) is 6.07 Å². The maximum absolute atomic E-state index is 6.16. The van der Waals surface area contributed by atoms with Crippen molar-refractivity contribution in [3.05, 3.63) is 22.7 Å². The van der Waals surface area contributed by atoms with Crippen molar-refractivity contribution in [2.45, 2.75) is 58.6 Å². The summed E-state index contributed by atoms with van der Waals surface area (Å²) in [6.45, 7) is 6.32. The Morgan fingerprint density at radius 2 is 1.80 bits per heavy atom. The van der Waals surface area contributed by atoms with Crippen molar-refractivity contribution in [2.75, 3.05) is 7.11 Å². The number of rotatable bonds is 8. The van der Waals surface area contributed by atoms with Gasteiger partial charge < -0.3 is 15.2 Å². The van der Waals surface area contributed by atoms with Crippen LogP contribution in [0.4, 0.5) is 0 Å². The number of benzene rings is 1. The van der Waals surface area contributed by atoms with E-state index >= 15 is 0 Å². The molecule has 1 unspecified atom stereocenters. The van der Waals surface area contributed by atoms with E-state index in [1.165, 1.54) is 0 Å². The monoisotopic (exact) mass is 299 g/mol. The van der Waals surface area contributed by atoms with Crippen LogP contribution in [0.1, 0.15) is 45.6 Å². The van der Waals surface area contributed by atoms with Gasteiger partial charge in [-0.05, 0) is 31.7 Å². The van der Waals surface area contributed by atoms with Gasteiger partial charge in [-0.1, -0.05) is 32.4 Å². The Hall–Kier alpha value is -0.930. The summed E-state index contributed by atoms with van der Waals surface area (Å²) in [6.07, 6.45) is 3.76. The van der Waals surface area contributed by atoms with Crippen molar-refractivity contribution in [3.63, 3.8) is 0 Å². The first-order valence-corrected chi connectivity index (χ1v) is 7.72. The second-order valence-corrected chi connectivity index (χ2v) is 5.46. The number of hydrogen-bond acceptors (Lipinski definition) is 3. The van der Waals surface area contributed by atoms with Gasteiger partial charge >= 0.3 is 0 Å². The molecule has 0 bridgehead atoms. The molecule has 0 aliphatic rings. The second-order valence-electron chi connectivity index (χ2n) is 5.03. The van der Waals surface area contributed by atoms with Crippen LogP contribution in [0.25, 0.3) is 0 Å². The van der Waals surface area contributed by atoms with E-state index in [0.717, 1.165) is 37.0 Å². The largest absolute Gasteiger partial charge is 0.493 e. The molecule has 0 heterocycles. The molecule has 4 heteroatoms. The second kappa shape index (κ2) is 8.38. The third-order valence-corrected chi connectivity index (χ3v) is 3.74. The smallest absolute Gasteiger partial charge is 0.164 e. The molecule has 3 nitrogen and oxygen atoms in total. The summed E-state index contributed by atoms with van der Waals surface area (Å²) in [6, 6.07) is 3.82. The van der Waals surface area contributed by atoms with Crippen molar-refractivity contribution < 1.29 is 9.47 Å². The molecule has 1 atom stereocenters. The van der Waals surface area contributed by atoms with Crippen molar-refractivity contribution in [3.8, 4) is 11.5 Å². The topological polar surface area (TPSA) is 44.5 Å². The fourth-order valence-electron chi connectivity index (χ4n) is 2.11. The van der Waals surface area contributed by atoms with Crippen LogP contribution in [0.2, 0.25) is 5.02 Å². The molecule has 0 fully saturated rings. The standard InChI is InChI=1S/C16H26ClNO2/c1-5-13(18)9-11-8-12(17)10-15(19-4)16(11)20-14(6-2)7-3/h8,10,13-14H,5-7,9,18H2,1-4H3. The lowest BCUT2D eigenvalue weighted by molar-refractivity contribution is 0.182. The van der Waals surface area contributed by atoms with E-state index in [4.69, 9.17) is 26.8 Å². The molecule has 1 aromatic rings. The summed E-state index contributed by atoms with van der Waals surface area (Å²) in [5.41, 5.74) is 7.10. The fraction of sp³-hybridized carbons (Fsp3) is 0.625. The highest BCUT2D eigenvalue weighted by Gasteiger charge is 2.17. The van der Waals surface area contributed by atoms with E-state index < -0.39 is 0 Å². The number of halogens is 1. The Kier molecular flexibility index (Phi) is 7.17. The third-order valence-electron chi connectivity index (χ3n) is 3.52. The van der Waals surface area contributed by atoms with Crippen LogP contribution in [0.3, 0.4) is 0 Å². The van der Waals surface area contributed by atoms with Gasteiger partial charge in [0.15, 0.2) is 11.5 Å². The molecule has 1 rings (SSSR count). The van der Waals surface area contributed by atoms with Crippen LogP contribution in [-0.2, 0) is 6.42 Å². The molecule has 0 spiro atoms. The number of ether oxygens (including phenoxy) is 2.